The molecule has 0 aliphatic rings. The second-order valence-corrected chi connectivity index (χ2v) is 10.0. The molecule has 1 atom stereocenters. The van der Waals surface area contributed by atoms with Crippen LogP contribution in [0, 0.1) is 0 Å². The van der Waals surface area contributed by atoms with Gasteiger partial charge >= 0.3 is 0 Å². The van der Waals surface area contributed by atoms with Crippen LogP contribution in [0.1, 0.15) is 24.4 Å². The zero-order valence-electron chi connectivity index (χ0n) is 11.6. The molecule has 1 rings (SSSR count). The minimum atomic E-state index is -1.90. The first-order valence-electron chi connectivity index (χ1n) is 5.58. The van der Waals surface area contributed by atoms with Crippen molar-refractivity contribution in [3.05, 3.63) is 17.5 Å². The van der Waals surface area contributed by atoms with Crippen LogP contribution in [-0.4, -0.2) is 40.6 Å². The highest BCUT2D eigenvalue weighted by Crippen LogP contribution is 2.40. The highest BCUT2D eigenvalue weighted by atomic mass is 35.6. The van der Waals surface area contributed by atoms with Crippen LogP contribution >= 0.6 is 69.6 Å². The molecule has 2 N–H and O–H groups in total. The fourth-order valence-corrected chi connectivity index (χ4v) is 1.66. The number of hydrogen-bond donors (Lipinski definition) is 1. The monoisotopic (exact) mass is 414 g/mol. The van der Waals surface area contributed by atoms with Crippen LogP contribution in [0.3, 0.4) is 0 Å². The number of rotatable bonds is 2. The quantitative estimate of drug-likeness (QED) is 0.456. The zero-order valence-corrected chi connectivity index (χ0v) is 16.2. The van der Waals surface area contributed by atoms with E-state index in [1.54, 1.807) is 6.92 Å². The molecular weight excluding hydrogens is 403 g/mol. The highest BCUT2D eigenvalue weighted by Gasteiger charge is 2.43. The summed E-state index contributed by atoms with van der Waals surface area (Å²) < 4.78 is -3.51. The first-order chi connectivity index (χ1) is 9.07. The molecule has 0 aliphatic heterocycles. The van der Waals surface area contributed by atoms with Gasteiger partial charge in [-0.05, 0) is 0 Å². The lowest BCUT2D eigenvalue weighted by atomic mass is 10.1. The molecule has 11 heteroatoms. The van der Waals surface area contributed by atoms with Gasteiger partial charge in [-0.25, -0.2) is 15.0 Å². The molecule has 120 valence electrons. The topological polar surface area (TPSA) is 64.7 Å². The first-order valence-corrected chi connectivity index (χ1v) is 7.85. The summed E-state index contributed by atoms with van der Waals surface area (Å²) in [5.74, 6) is -0.180. The van der Waals surface area contributed by atoms with Crippen LogP contribution in [-0.2, 0) is 13.2 Å². The van der Waals surface area contributed by atoms with Gasteiger partial charge in [-0.2, -0.15) is 0 Å². The maximum atomic E-state index is 6.30. The minimum absolute atomic E-state index is 0.146. The fraction of sp³-hybridized carbons (Fsp3) is 0.700. The lowest BCUT2D eigenvalue weighted by Gasteiger charge is -2.39. The zero-order chi connectivity index (χ0) is 16.9. The van der Waals surface area contributed by atoms with Crippen LogP contribution in [0.2, 0.25) is 0 Å². The molecule has 21 heavy (non-hydrogen) atoms. The van der Waals surface area contributed by atoms with E-state index >= 15 is 0 Å². The van der Waals surface area contributed by atoms with E-state index in [4.69, 9.17) is 75.3 Å². The minimum Gasteiger partial charge on any atom is -0.307 e. The maximum Gasteiger partial charge on any atom is 0.250 e. The Balaban J connectivity index is 3.61. The summed E-state index contributed by atoms with van der Waals surface area (Å²) in [6, 6.07) is 0. The fourth-order valence-electron chi connectivity index (χ4n) is 1.16. The summed E-state index contributed by atoms with van der Waals surface area (Å²) in [4.78, 5) is 12.1. The molecule has 0 aliphatic carbocycles. The van der Waals surface area contributed by atoms with Crippen molar-refractivity contribution in [2.24, 2.45) is 5.73 Å². The van der Waals surface area contributed by atoms with Crippen molar-refractivity contribution >= 4 is 69.6 Å². The molecule has 0 aromatic carbocycles. The number of alkyl halides is 6. The van der Waals surface area contributed by atoms with Gasteiger partial charge in [0.05, 0.1) is 21.1 Å². The molecule has 0 bridgehead atoms. The van der Waals surface area contributed by atoms with Crippen molar-refractivity contribution in [1.82, 2.24) is 15.0 Å². The summed E-state index contributed by atoms with van der Waals surface area (Å²) in [6.07, 6.45) is 0. The largest absolute Gasteiger partial charge is 0.307 e. The van der Waals surface area contributed by atoms with E-state index in [0.717, 1.165) is 0 Å². The Kier molecular flexibility index (Phi) is 5.58. The van der Waals surface area contributed by atoms with Crippen molar-refractivity contribution < 1.29 is 4.48 Å². The second kappa shape index (κ2) is 5.95. The maximum absolute atomic E-state index is 6.30. The molecule has 0 spiro atoms. The lowest BCUT2D eigenvalue weighted by molar-refractivity contribution is -0.930. The summed E-state index contributed by atoms with van der Waals surface area (Å²) in [5, 5.41) is 0. The van der Waals surface area contributed by atoms with Gasteiger partial charge in [0.25, 0.3) is 0 Å². The Labute approximate surface area is 153 Å². The van der Waals surface area contributed by atoms with Gasteiger partial charge in [-0.15, -0.1) is 0 Å². The van der Waals surface area contributed by atoms with E-state index in [1.807, 2.05) is 21.1 Å². The summed E-state index contributed by atoms with van der Waals surface area (Å²) >= 11 is 34.9. The van der Waals surface area contributed by atoms with Gasteiger partial charge in [-0.1, -0.05) is 69.6 Å². The number of aromatic nitrogens is 3. The molecule has 0 saturated carbocycles. The molecular formula is C10H14Cl6N5+. The molecule has 0 fully saturated rings. The summed E-state index contributed by atoms with van der Waals surface area (Å²) in [5.41, 5.74) is 5.27. The number of hydrogen-bond acceptors (Lipinski definition) is 4. The summed E-state index contributed by atoms with van der Waals surface area (Å²) in [6.45, 7) is 1.71. The van der Waals surface area contributed by atoms with Crippen LogP contribution < -0.4 is 5.73 Å². The molecule has 1 aromatic rings. The van der Waals surface area contributed by atoms with Gasteiger partial charge in [-0.3, -0.25) is 5.73 Å². The third-order valence-electron chi connectivity index (χ3n) is 2.99. The molecule has 0 radical (unpaired) electrons. The Bertz CT molecular complexity index is 496. The second-order valence-electron chi connectivity index (χ2n) is 5.46. The highest BCUT2D eigenvalue weighted by molar-refractivity contribution is 6.67. The predicted octanol–water partition coefficient (Wildman–Crippen LogP) is 3.36. The third-order valence-corrected chi connectivity index (χ3v) is 4.00. The van der Waals surface area contributed by atoms with E-state index in [9.17, 15) is 0 Å². The van der Waals surface area contributed by atoms with Crippen molar-refractivity contribution in [3.63, 3.8) is 0 Å². The van der Waals surface area contributed by atoms with E-state index in [1.165, 1.54) is 0 Å². The van der Waals surface area contributed by atoms with E-state index in [2.05, 4.69) is 15.0 Å². The van der Waals surface area contributed by atoms with E-state index in [-0.39, 0.29) is 22.0 Å². The van der Waals surface area contributed by atoms with Crippen molar-refractivity contribution in [3.8, 4) is 0 Å². The Hall–Kier alpha value is 0.670. The van der Waals surface area contributed by atoms with Crippen molar-refractivity contribution in [1.29, 1.82) is 0 Å². The van der Waals surface area contributed by atoms with E-state index in [0.29, 0.717) is 0 Å². The van der Waals surface area contributed by atoms with Crippen LogP contribution in [0.5, 0.6) is 0 Å². The van der Waals surface area contributed by atoms with Gasteiger partial charge in [0.1, 0.15) is 0 Å². The number of nitrogens with zero attached hydrogens (tertiary/aromatic N) is 4. The number of halogens is 6. The number of quaternary nitrogens is 1. The van der Waals surface area contributed by atoms with Gasteiger partial charge in [0.15, 0.2) is 11.6 Å². The average molecular weight is 417 g/mol. The van der Waals surface area contributed by atoms with E-state index < -0.39 is 13.2 Å². The molecule has 0 amide bonds. The molecule has 1 heterocycles. The van der Waals surface area contributed by atoms with Crippen LogP contribution in [0.4, 0.5) is 0 Å². The van der Waals surface area contributed by atoms with Gasteiger partial charge < -0.3 is 4.48 Å². The Morgan fingerprint density at radius 2 is 1.05 bits per heavy atom. The molecule has 5 nitrogen and oxygen atoms in total. The van der Waals surface area contributed by atoms with Crippen molar-refractivity contribution in [2.75, 3.05) is 21.1 Å². The number of nitrogens with two attached hydrogens (primary N) is 1. The molecule has 1 unspecified atom stereocenters. The standard InChI is InChI=1S/C10H14Cl6N5/c1-8(17,21(2,3)4)5-18-6(9(11,12)13)20-7(19-5)10(14,15)16/h17H2,1-4H3/q+1. The van der Waals surface area contributed by atoms with Gasteiger partial charge in [0.2, 0.25) is 19.1 Å². The normalized spacial score (nSPS) is 16.7. The summed E-state index contributed by atoms with van der Waals surface area (Å²) in [7, 11) is 5.56. The Morgan fingerprint density at radius 3 is 1.29 bits per heavy atom. The molecule has 0 saturated heterocycles. The first kappa shape index (κ1) is 19.7. The molecule has 1 aromatic heterocycles. The van der Waals surface area contributed by atoms with Crippen LogP contribution in [0.15, 0.2) is 0 Å². The average Bonchev–Trinajstić information content (AvgIpc) is 2.24. The Morgan fingerprint density at radius 1 is 0.762 bits per heavy atom. The predicted molar refractivity (Wildman–Crippen MR) is 87.9 cm³/mol. The van der Waals surface area contributed by atoms with Crippen molar-refractivity contribution in [2.45, 2.75) is 20.2 Å². The smallest absolute Gasteiger partial charge is 0.250 e. The van der Waals surface area contributed by atoms with Crippen LogP contribution in [0.25, 0.3) is 0 Å². The lowest BCUT2D eigenvalue weighted by Crippen LogP contribution is -2.59. The SMILES string of the molecule is CC(N)(c1nc(C(Cl)(Cl)Cl)nc(C(Cl)(Cl)Cl)n1)[N+](C)(C)C. The third kappa shape index (κ3) is 4.58. The van der Waals surface area contributed by atoms with Gasteiger partial charge in [0, 0.05) is 6.92 Å².